The fourth-order valence-electron chi connectivity index (χ4n) is 1.69. The maximum atomic E-state index is 10.2. The van der Waals surface area contributed by atoms with E-state index in [9.17, 15) is 9.90 Å². The first-order valence-electron chi connectivity index (χ1n) is 5.02. The number of aryl methyl sites for hydroxylation is 1. The van der Waals surface area contributed by atoms with E-state index in [-0.39, 0.29) is 57.8 Å². The van der Waals surface area contributed by atoms with Crippen LogP contribution in [0, 0.1) is 0 Å². The molecular weight excluding hydrogens is 229 g/mol. The van der Waals surface area contributed by atoms with E-state index in [1.54, 1.807) is 0 Å². The van der Waals surface area contributed by atoms with Gasteiger partial charge in [0, 0.05) is 17.2 Å². The van der Waals surface area contributed by atoms with Gasteiger partial charge in [-0.25, -0.2) is 0 Å². The minimum absolute atomic E-state index is 0. The third kappa shape index (κ3) is 3.71. The Bertz CT molecular complexity index is 446. The third-order valence-electron chi connectivity index (χ3n) is 2.41. The smallest absolute Gasteiger partial charge is 0.550 e. The number of fused-ring (bicyclic) bond motifs is 1. The number of carbonyl (C=O) groups is 1. The summed E-state index contributed by atoms with van der Waals surface area (Å²) in [5.41, 5.74) is 2.18. The Morgan fingerprint density at radius 2 is 2.06 bits per heavy atom. The summed E-state index contributed by atoms with van der Waals surface area (Å²) in [7, 11) is 0. The zero-order chi connectivity index (χ0) is 10.7. The van der Waals surface area contributed by atoms with Gasteiger partial charge in [-0.05, 0) is 36.8 Å². The van der Waals surface area contributed by atoms with Crippen molar-refractivity contribution < 1.29 is 61.3 Å². The number of aliphatic carboxylic acids is 1. The first-order valence-corrected chi connectivity index (χ1v) is 5.02. The third-order valence-corrected chi connectivity index (χ3v) is 2.41. The van der Waals surface area contributed by atoms with Crippen molar-refractivity contribution in [3.63, 3.8) is 0 Å². The van der Waals surface area contributed by atoms with Crippen LogP contribution in [0.4, 0.5) is 0 Å². The number of aromatic amines is 1. The SMILES string of the molecule is O=C([O-])CCCc1cc2ccccc2[nH]1.[K+]. The Balaban J connectivity index is 0.00000128. The number of hydrogen-bond donors (Lipinski definition) is 1. The van der Waals surface area contributed by atoms with Gasteiger partial charge in [0.1, 0.15) is 0 Å². The summed E-state index contributed by atoms with van der Waals surface area (Å²) in [6.07, 6.45) is 1.49. The number of nitrogens with one attached hydrogen (secondary N) is 1. The van der Waals surface area contributed by atoms with Gasteiger partial charge in [0.15, 0.2) is 0 Å². The van der Waals surface area contributed by atoms with Crippen molar-refractivity contribution in [2.75, 3.05) is 0 Å². The summed E-state index contributed by atoms with van der Waals surface area (Å²) in [4.78, 5) is 13.5. The number of rotatable bonds is 4. The van der Waals surface area contributed by atoms with Crippen LogP contribution < -0.4 is 56.5 Å². The van der Waals surface area contributed by atoms with Gasteiger partial charge in [0.25, 0.3) is 0 Å². The maximum absolute atomic E-state index is 10.2. The van der Waals surface area contributed by atoms with E-state index in [1.807, 2.05) is 24.3 Å². The van der Waals surface area contributed by atoms with Crippen LogP contribution in [0.2, 0.25) is 0 Å². The molecule has 0 unspecified atom stereocenters. The van der Waals surface area contributed by atoms with E-state index in [1.165, 1.54) is 5.39 Å². The van der Waals surface area contributed by atoms with Gasteiger partial charge in [-0.2, -0.15) is 0 Å². The Morgan fingerprint density at radius 3 is 2.75 bits per heavy atom. The van der Waals surface area contributed by atoms with Crippen molar-refractivity contribution in [1.29, 1.82) is 0 Å². The first kappa shape index (κ1) is 13.9. The fraction of sp³-hybridized carbons (Fsp3) is 0.250. The molecule has 2 rings (SSSR count). The molecule has 0 saturated carbocycles. The van der Waals surface area contributed by atoms with E-state index < -0.39 is 5.97 Å². The van der Waals surface area contributed by atoms with E-state index in [0.717, 1.165) is 17.6 Å². The van der Waals surface area contributed by atoms with Crippen LogP contribution in [0.25, 0.3) is 10.9 Å². The van der Waals surface area contributed by atoms with Crippen molar-refractivity contribution in [1.82, 2.24) is 4.98 Å². The Hall–Kier alpha value is -0.134. The average Bonchev–Trinajstić information content (AvgIpc) is 2.59. The number of carboxylic acids is 1. The molecule has 16 heavy (non-hydrogen) atoms. The van der Waals surface area contributed by atoms with Gasteiger partial charge in [-0.1, -0.05) is 18.2 Å². The summed E-state index contributed by atoms with van der Waals surface area (Å²) in [5.74, 6) is -0.980. The van der Waals surface area contributed by atoms with Crippen LogP contribution in [0.3, 0.4) is 0 Å². The first-order chi connectivity index (χ1) is 7.25. The van der Waals surface area contributed by atoms with Crippen LogP contribution in [0.1, 0.15) is 18.5 Å². The van der Waals surface area contributed by atoms with Crippen molar-refractivity contribution in [3.8, 4) is 0 Å². The van der Waals surface area contributed by atoms with E-state index in [0.29, 0.717) is 6.42 Å². The molecule has 0 fully saturated rings. The molecular formula is C12H12KNO2. The van der Waals surface area contributed by atoms with Crippen molar-refractivity contribution in [3.05, 3.63) is 36.0 Å². The molecule has 2 aromatic rings. The van der Waals surface area contributed by atoms with Crippen LogP contribution >= 0.6 is 0 Å². The molecule has 0 radical (unpaired) electrons. The van der Waals surface area contributed by atoms with Crippen molar-refractivity contribution in [2.24, 2.45) is 0 Å². The molecule has 3 nitrogen and oxygen atoms in total. The number of hydrogen-bond acceptors (Lipinski definition) is 2. The normalized spacial score (nSPS) is 10.0. The molecule has 1 N–H and O–H groups in total. The summed E-state index contributed by atoms with van der Waals surface area (Å²) in [6, 6.07) is 10.1. The zero-order valence-electron chi connectivity index (χ0n) is 9.32. The van der Waals surface area contributed by atoms with Gasteiger partial charge in [-0.3, -0.25) is 0 Å². The molecule has 0 saturated heterocycles. The zero-order valence-corrected chi connectivity index (χ0v) is 12.4. The number of aromatic nitrogens is 1. The van der Waals surface area contributed by atoms with Crippen LogP contribution in [-0.2, 0) is 11.2 Å². The van der Waals surface area contributed by atoms with Crippen LogP contribution in [-0.4, -0.2) is 11.0 Å². The second-order valence-corrected chi connectivity index (χ2v) is 3.61. The van der Waals surface area contributed by atoms with Crippen molar-refractivity contribution >= 4 is 16.9 Å². The molecule has 0 atom stereocenters. The van der Waals surface area contributed by atoms with Crippen molar-refractivity contribution in [2.45, 2.75) is 19.3 Å². The van der Waals surface area contributed by atoms with Gasteiger partial charge >= 0.3 is 51.4 Å². The molecule has 1 aromatic carbocycles. The summed E-state index contributed by atoms with van der Waals surface area (Å²) >= 11 is 0. The molecule has 1 aromatic heterocycles. The van der Waals surface area contributed by atoms with Gasteiger partial charge in [0.2, 0.25) is 0 Å². The summed E-state index contributed by atoms with van der Waals surface area (Å²) in [6.45, 7) is 0. The molecule has 0 spiro atoms. The summed E-state index contributed by atoms with van der Waals surface area (Å²) in [5, 5.41) is 11.4. The number of carboxylic acid groups (broad SMARTS) is 1. The summed E-state index contributed by atoms with van der Waals surface area (Å²) < 4.78 is 0. The quantitative estimate of drug-likeness (QED) is 0.645. The molecule has 78 valence electrons. The minimum atomic E-state index is -0.980. The average molecular weight is 241 g/mol. The van der Waals surface area contributed by atoms with Gasteiger partial charge in [-0.15, -0.1) is 0 Å². The Labute approximate surface area is 137 Å². The number of H-pyrrole nitrogens is 1. The predicted molar refractivity (Wildman–Crippen MR) is 56.2 cm³/mol. The molecule has 0 amide bonds. The molecule has 4 heteroatoms. The van der Waals surface area contributed by atoms with Gasteiger partial charge < -0.3 is 14.9 Å². The largest absolute Gasteiger partial charge is 1.00 e. The monoisotopic (exact) mass is 241 g/mol. The number of carbonyl (C=O) groups excluding carboxylic acids is 1. The number of benzene rings is 1. The predicted octanol–water partition coefficient (Wildman–Crippen LogP) is -1.76. The standard InChI is InChI=1S/C12H13NO2.K/c14-12(15)7-3-5-10-8-9-4-1-2-6-11(9)13-10;/h1-2,4,6,8,13H,3,5,7H2,(H,14,15);/q;+1/p-1. The van der Waals surface area contributed by atoms with Gasteiger partial charge in [0.05, 0.1) is 0 Å². The maximum Gasteiger partial charge on any atom is 1.00 e. The van der Waals surface area contributed by atoms with Crippen LogP contribution in [0.5, 0.6) is 0 Å². The van der Waals surface area contributed by atoms with E-state index in [2.05, 4.69) is 11.1 Å². The van der Waals surface area contributed by atoms with E-state index >= 15 is 0 Å². The van der Waals surface area contributed by atoms with E-state index in [4.69, 9.17) is 0 Å². The minimum Gasteiger partial charge on any atom is -0.550 e. The molecule has 0 aliphatic carbocycles. The molecule has 0 aliphatic rings. The molecule has 0 aliphatic heterocycles. The molecule has 0 bridgehead atoms. The fourth-order valence-corrected chi connectivity index (χ4v) is 1.69. The number of para-hydroxylation sites is 1. The second-order valence-electron chi connectivity index (χ2n) is 3.61. The van der Waals surface area contributed by atoms with Crippen LogP contribution in [0.15, 0.2) is 30.3 Å². The topological polar surface area (TPSA) is 55.9 Å². The molecule has 1 heterocycles. The second kappa shape index (κ2) is 6.57. The Morgan fingerprint density at radius 1 is 1.31 bits per heavy atom. The Kier molecular flexibility index (Phi) is 5.72.